The predicted octanol–water partition coefficient (Wildman–Crippen LogP) is 5.22. The zero-order valence-electron chi connectivity index (χ0n) is 10.4. The summed E-state index contributed by atoms with van der Waals surface area (Å²) < 4.78 is 2.26. The van der Waals surface area contributed by atoms with Gasteiger partial charge in [0.05, 0.1) is 0 Å². The van der Waals surface area contributed by atoms with Gasteiger partial charge >= 0.3 is 0 Å². The van der Waals surface area contributed by atoms with Crippen LogP contribution in [0.1, 0.15) is 38.3 Å². The summed E-state index contributed by atoms with van der Waals surface area (Å²) in [6.07, 6.45) is 2.10. The van der Waals surface area contributed by atoms with Crippen molar-refractivity contribution in [1.29, 1.82) is 0 Å². The van der Waals surface area contributed by atoms with Crippen LogP contribution >= 0.6 is 31.9 Å². The van der Waals surface area contributed by atoms with Gasteiger partial charge in [0.25, 0.3) is 0 Å². The van der Waals surface area contributed by atoms with Gasteiger partial charge in [0.1, 0.15) is 0 Å². The Morgan fingerprint density at radius 1 is 1.41 bits per heavy atom. The smallest absolute Gasteiger partial charge is 0.0369 e. The minimum absolute atomic E-state index is 0.333. The highest BCUT2D eigenvalue weighted by Crippen LogP contribution is 2.30. The van der Waals surface area contributed by atoms with Gasteiger partial charge in [0.15, 0.2) is 0 Å². The Labute approximate surface area is 121 Å². The molecule has 1 aromatic carbocycles. The third-order valence-corrected chi connectivity index (χ3v) is 3.74. The van der Waals surface area contributed by atoms with Crippen molar-refractivity contribution in [2.45, 2.75) is 32.7 Å². The molecule has 94 valence electrons. The van der Waals surface area contributed by atoms with E-state index in [9.17, 15) is 0 Å². The molecule has 0 aliphatic rings. The molecule has 0 saturated carbocycles. The molecule has 1 unspecified atom stereocenters. The first kappa shape index (κ1) is 14.9. The van der Waals surface area contributed by atoms with E-state index in [2.05, 4.69) is 69.7 Å². The number of benzene rings is 1. The average Bonchev–Trinajstić information content (AvgIpc) is 2.27. The zero-order valence-corrected chi connectivity index (χ0v) is 13.6. The average molecular weight is 361 g/mol. The van der Waals surface area contributed by atoms with Gasteiger partial charge in [0, 0.05) is 15.0 Å². The number of halogens is 2. The van der Waals surface area contributed by atoms with Crippen molar-refractivity contribution in [2.75, 3.05) is 6.54 Å². The van der Waals surface area contributed by atoms with E-state index in [0.29, 0.717) is 6.04 Å². The van der Waals surface area contributed by atoms with Crippen LogP contribution in [0, 0.1) is 0 Å². The lowest BCUT2D eigenvalue weighted by Gasteiger charge is -2.20. The summed E-state index contributed by atoms with van der Waals surface area (Å²) in [5.41, 5.74) is 2.49. The van der Waals surface area contributed by atoms with Crippen molar-refractivity contribution in [3.8, 4) is 0 Å². The summed E-state index contributed by atoms with van der Waals surface area (Å²) in [5, 5.41) is 3.57. The van der Waals surface area contributed by atoms with Crippen LogP contribution in [-0.2, 0) is 0 Å². The lowest BCUT2D eigenvalue weighted by molar-refractivity contribution is 0.526. The Kier molecular flexibility index (Phi) is 6.45. The van der Waals surface area contributed by atoms with Crippen LogP contribution < -0.4 is 5.32 Å². The van der Waals surface area contributed by atoms with E-state index in [1.54, 1.807) is 0 Å². The van der Waals surface area contributed by atoms with Crippen LogP contribution in [0.5, 0.6) is 0 Å². The van der Waals surface area contributed by atoms with Crippen molar-refractivity contribution < 1.29 is 0 Å². The van der Waals surface area contributed by atoms with Crippen LogP contribution in [0.2, 0.25) is 0 Å². The predicted molar refractivity (Wildman–Crippen MR) is 82.3 cm³/mol. The molecular weight excluding hydrogens is 342 g/mol. The van der Waals surface area contributed by atoms with Gasteiger partial charge in [0.2, 0.25) is 0 Å². The molecule has 0 radical (unpaired) electrons. The molecule has 1 N–H and O–H groups in total. The Morgan fingerprint density at radius 3 is 2.71 bits per heavy atom. The Morgan fingerprint density at radius 2 is 2.12 bits per heavy atom. The summed E-state index contributed by atoms with van der Waals surface area (Å²) in [4.78, 5) is 0. The molecule has 0 aromatic heterocycles. The summed E-state index contributed by atoms with van der Waals surface area (Å²) in [5.74, 6) is 0. The highest BCUT2D eigenvalue weighted by atomic mass is 79.9. The van der Waals surface area contributed by atoms with Crippen molar-refractivity contribution in [3.63, 3.8) is 0 Å². The topological polar surface area (TPSA) is 12.0 Å². The van der Waals surface area contributed by atoms with Gasteiger partial charge in [-0.2, -0.15) is 0 Å². The summed E-state index contributed by atoms with van der Waals surface area (Å²) >= 11 is 7.15. The highest BCUT2D eigenvalue weighted by molar-refractivity contribution is 9.11. The number of hydrogen-bond acceptors (Lipinski definition) is 1. The Hall–Kier alpha value is -0.120. The summed E-state index contributed by atoms with van der Waals surface area (Å²) in [7, 11) is 0. The minimum Gasteiger partial charge on any atom is -0.310 e. The highest BCUT2D eigenvalue weighted by Gasteiger charge is 2.14. The second-order valence-corrected chi connectivity index (χ2v) is 6.10. The lowest BCUT2D eigenvalue weighted by Crippen LogP contribution is -2.22. The molecule has 0 heterocycles. The largest absolute Gasteiger partial charge is 0.310 e. The molecule has 0 aliphatic heterocycles. The van der Waals surface area contributed by atoms with E-state index >= 15 is 0 Å². The summed E-state index contributed by atoms with van der Waals surface area (Å²) in [6, 6.07) is 6.63. The molecule has 0 bridgehead atoms. The van der Waals surface area contributed by atoms with Crippen LogP contribution in [0.15, 0.2) is 39.3 Å². The van der Waals surface area contributed by atoms with Crippen molar-refractivity contribution in [3.05, 3.63) is 44.9 Å². The van der Waals surface area contributed by atoms with Crippen LogP contribution in [0.3, 0.4) is 0 Å². The van der Waals surface area contributed by atoms with Crippen molar-refractivity contribution >= 4 is 31.9 Å². The number of hydrogen-bond donors (Lipinski definition) is 1. The first-order chi connectivity index (χ1) is 8.04. The molecule has 17 heavy (non-hydrogen) atoms. The molecule has 1 nitrogen and oxygen atoms in total. The van der Waals surface area contributed by atoms with Gasteiger partial charge in [-0.05, 0) is 50.1 Å². The van der Waals surface area contributed by atoms with E-state index in [0.717, 1.165) is 28.3 Å². The molecule has 0 fully saturated rings. The van der Waals surface area contributed by atoms with Gasteiger partial charge in [-0.15, -0.1) is 6.58 Å². The summed E-state index contributed by atoms with van der Waals surface area (Å²) in [6.45, 7) is 9.30. The fourth-order valence-electron chi connectivity index (χ4n) is 1.74. The van der Waals surface area contributed by atoms with Crippen LogP contribution in [0.4, 0.5) is 0 Å². The van der Waals surface area contributed by atoms with Crippen LogP contribution in [0.25, 0.3) is 0 Å². The molecule has 1 rings (SSSR count). The Balaban J connectivity index is 2.93. The molecule has 0 amide bonds. The molecule has 0 saturated heterocycles. The van der Waals surface area contributed by atoms with Crippen molar-refractivity contribution in [1.82, 2.24) is 5.32 Å². The fraction of sp³-hybridized carbons (Fsp3) is 0.429. The van der Waals surface area contributed by atoms with Gasteiger partial charge in [-0.3, -0.25) is 0 Å². The SMILES string of the molecule is C=C(C)CC(NCCC)c1cc(Br)ccc1Br. The molecule has 1 atom stereocenters. The molecular formula is C14H19Br2N. The quantitative estimate of drug-likeness (QED) is 0.686. The first-order valence-corrected chi connectivity index (χ1v) is 7.46. The van der Waals surface area contributed by atoms with Gasteiger partial charge in [-0.25, -0.2) is 0 Å². The maximum absolute atomic E-state index is 4.01. The second-order valence-electron chi connectivity index (χ2n) is 4.33. The standard InChI is InChI=1S/C14H19Br2N/c1-4-7-17-14(8-10(2)3)12-9-11(15)5-6-13(12)16/h5-6,9,14,17H,2,4,7-8H2,1,3H3. The van der Waals surface area contributed by atoms with E-state index in [1.165, 1.54) is 11.1 Å². The second kappa shape index (κ2) is 7.34. The number of nitrogens with one attached hydrogen (secondary N) is 1. The third kappa shape index (κ3) is 4.94. The van der Waals surface area contributed by atoms with E-state index < -0.39 is 0 Å². The monoisotopic (exact) mass is 359 g/mol. The van der Waals surface area contributed by atoms with Gasteiger partial charge in [-0.1, -0.05) is 44.4 Å². The maximum Gasteiger partial charge on any atom is 0.0369 e. The Bertz CT molecular complexity index is 388. The minimum atomic E-state index is 0.333. The normalized spacial score (nSPS) is 12.5. The van der Waals surface area contributed by atoms with E-state index in [-0.39, 0.29) is 0 Å². The molecule has 1 aromatic rings. The molecule has 0 aliphatic carbocycles. The maximum atomic E-state index is 4.01. The molecule has 0 spiro atoms. The van der Waals surface area contributed by atoms with E-state index in [1.807, 2.05) is 6.07 Å². The third-order valence-electron chi connectivity index (χ3n) is 2.53. The lowest BCUT2D eigenvalue weighted by atomic mass is 10.0. The fourth-order valence-corrected chi connectivity index (χ4v) is 2.64. The van der Waals surface area contributed by atoms with Crippen LogP contribution in [-0.4, -0.2) is 6.54 Å². The molecule has 3 heteroatoms. The van der Waals surface area contributed by atoms with Crippen molar-refractivity contribution in [2.24, 2.45) is 0 Å². The zero-order chi connectivity index (χ0) is 12.8. The van der Waals surface area contributed by atoms with Gasteiger partial charge < -0.3 is 5.32 Å². The van der Waals surface area contributed by atoms with E-state index in [4.69, 9.17) is 0 Å². The first-order valence-electron chi connectivity index (χ1n) is 5.87. The number of rotatable bonds is 6.